The van der Waals surface area contributed by atoms with Crippen molar-refractivity contribution in [2.24, 2.45) is 11.8 Å². The lowest BCUT2D eigenvalue weighted by molar-refractivity contribution is -0.305. The summed E-state index contributed by atoms with van der Waals surface area (Å²) in [6, 6.07) is 8.90. The lowest BCUT2D eigenvalue weighted by atomic mass is 9.76. The summed E-state index contributed by atoms with van der Waals surface area (Å²) in [5, 5.41) is 0. The van der Waals surface area contributed by atoms with E-state index >= 15 is 0 Å². The lowest BCUT2D eigenvalue weighted by Crippen LogP contribution is -2.49. The first-order valence-corrected chi connectivity index (χ1v) is 11.5. The standard InChI is InChI=1S/C22H29F5OS/c1-2-15-5-9-18(10-6-15)19-11-7-16(8-12-19)3-4-17-13-28-20(29-14-17)21(23,24)22(25,26)27/h5-6,9-10,16-17,19-20H,2-4,7-8,11-14H2,1H3. The second kappa shape index (κ2) is 9.54. The van der Waals surface area contributed by atoms with Crippen LogP contribution in [-0.4, -0.2) is 29.9 Å². The Morgan fingerprint density at radius 2 is 1.55 bits per heavy atom. The SMILES string of the molecule is CCc1ccc(C2CCC(CCC3COC(C(F)(F)C(F)(F)F)SC3)CC2)cc1. The number of ether oxygens (including phenoxy) is 1. The third-order valence-electron chi connectivity index (χ3n) is 6.33. The molecule has 1 saturated heterocycles. The number of aryl methyl sites for hydroxylation is 1. The normalized spacial score (nSPS) is 29.0. The molecule has 2 aliphatic rings. The van der Waals surface area contributed by atoms with E-state index in [0.717, 1.165) is 44.9 Å². The highest BCUT2D eigenvalue weighted by Crippen LogP contribution is 2.46. The van der Waals surface area contributed by atoms with Crippen molar-refractivity contribution >= 4 is 11.8 Å². The van der Waals surface area contributed by atoms with Crippen molar-refractivity contribution in [3.63, 3.8) is 0 Å². The van der Waals surface area contributed by atoms with E-state index in [2.05, 4.69) is 31.2 Å². The van der Waals surface area contributed by atoms with Crippen LogP contribution >= 0.6 is 11.8 Å². The molecule has 1 heterocycles. The van der Waals surface area contributed by atoms with Crippen LogP contribution in [0, 0.1) is 11.8 Å². The van der Waals surface area contributed by atoms with Gasteiger partial charge in [0, 0.05) is 5.75 Å². The Labute approximate surface area is 173 Å². The van der Waals surface area contributed by atoms with Crippen LogP contribution in [0.4, 0.5) is 22.0 Å². The maximum atomic E-state index is 13.4. The maximum Gasteiger partial charge on any atom is 0.457 e. The van der Waals surface area contributed by atoms with Crippen LogP contribution in [0.1, 0.15) is 62.5 Å². The summed E-state index contributed by atoms with van der Waals surface area (Å²) >= 11 is 0.600. The first-order valence-electron chi connectivity index (χ1n) is 10.5. The molecular weight excluding hydrogens is 407 g/mol. The van der Waals surface area contributed by atoms with E-state index in [9.17, 15) is 22.0 Å². The summed E-state index contributed by atoms with van der Waals surface area (Å²) < 4.78 is 69.0. The second-order valence-electron chi connectivity index (χ2n) is 8.38. The van der Waals surface area contributed by atoms with E-state index < -0.39 is 17.5 Å². The summed E-state index contributed by atoms with van der Waals surface area (Å²) in [7, 11) is 0. The molecule has 0 N–H and O–H groups in total. The van der Waals surface area contributed by atoms with Crippen LogP contribution in [0.3, 0.4) is 0 Å². The van der Waals surface area contributed by atoms with Gasteiger partial charge in [0.05, 0.1) is 6.61 Å². The minimum Gasteiger partial charge on any atom is -0.360 e. The monoisotopic (exact) mass is 436 g/mol. The largest absolute Gasteiger partial charge is 0.457 e. The molecule has 2 fully saturated rings. The van der Waals surface area contributed by atoms with Crippen LogP contribution < -0.4 is 0 Å². The molecule has 0 bridgehead atoms. The quantitative estimate of drug-likeness (QED) is 0.436. The van der Waals surface area contributed by atoms with E-state index in [1.54, 1.807) is 0 Å². The Morgan fingerprint density at radius 3 is 2.07 bits per heavy atom. The summed E-state index contributed by atoms with van der Waals surface area (Å²) in [4.78, 5) is 0. The minimum absolute atomic E-state index is 0.0114. The third kappa shape index (κ3) is 5.66. The van der Waals surface area contributed by atoms with Crippen LogP contribution in [0.2, 0.25) is 0 Å². The van der Waals surface area contributed by atoms with E-state index in [1.165, 1.54) is 11.1 Å². The Hall–Kier alpha value is -0.820. The zero-order valence-corrected chi connectivity index (χ0v) is 17.5. The van der Waals surface area contributed by atoms with E-state index in [-0.39, 0.29) is 12.5 Å². The van der Waals surface area contributed by atoms with Crippen molar-refractivity contribution < 1.29 is 26.7 Å². The predicted molar refractivity (Wildman–Crippen MR) is 106 cm³/mol. The highest BCUT2D eigenvalue weighted by molar-refractivity contribution is 7.99. The number of hydrogen-bond acceptors (Lipinski definition) is 2. The molecule has 164 valence electrons. The first kappa shape index (κ1) is 22.9. The Morgan fingerprint density at radius 1 is 0.931 bits per heavy atom. The van der Waals surface area contributed by atoms with Gasteiger partial charge in [0.2, 0.25) is 0 Å². The second-order valence-corrected chi connectivity index (χ2v) is 9.47. The van der Waals surface area contributed by atoms with Crippen molar-refractivity contribution in [2.45, 2.75) is 75.3 Å². The topological polar surface area (TPSA) is 9.23 Å². The number of thioether (sulfide) groups is 1. The van der Waals surface area contributed by atoms with E-state index in [0.29, 0.717) is 29.4 Å². The molecule has 0 amide bonds. The van der Waals surface area contributed by atoms with Crippen molar-refractivity contribution in [3.8, 4) is 0 Å². The highest BCUT2D eigenvalue weighted by atomic mass is 32.2. The van der Waals surface area contributed by atoms with Gasteiger partial charge in [-0.25, -0.2) is 0 Å². The molecule has 0 spiro atoms. The van der Waals surface area contributed by atoms with Gasteiger partial charge in [0.25, 0.3) is 0 Å². The maximum absolute atomic E-state index is 13.4. The molecule has 2 unspecified atom stereocenters. The van der Waals surface area contributed by atoms with Gasteiger partial charge in [-0.3, -0.25) is 0 Å². The number of hydrogen-bond donors (Lipinski definition) is 0. The van der Waals surface area contributed by atoms with Gasteiger partial charge >= 0.3 is 12.1 Å². The number of benzene rings is 1. The molecule has 1 nitrogen and oxygen atoms in total. The molecule has 3 rings (SSSR count). The van der Waals surface area contributed by atoms with Crippen LogP contribution in [0.15, 0.2) is 24.3 Å². The summed E-state index contributed by atoms with van der Waals surface area (Å²) in [6.45, 7) is 2.14. The molecule has 1 saturated carbocycles. The van der Waals surface area contributed by atoms with Crippen LogP contribution in [-0.2, 0) is 11.2 Å². The molecule has 7 heteroatoms. The van der Waals surface area contributed by atoms with E-state index in [4.69, 9.17) is 4.74 Å². The molecule has 1 aliphatic heterocycles. The summed E-state index contributed by atoms with van der Waals surface area (Å²) in [5.41, 5.74) is 0.646. The first-order chi connectivity index (χ1) is 13.7. The Balaban J connectivity index is 1.38. The van der Waals surface area contributed by atoms with Crippen LogP contribution in [0.25, 0.3) is 0 Å². The number of halogens is 5. The Kier molecular flexibility index (Phi) is 7.52. The van der Waals surface area contributed by atoms with Crippen LogP contribution in [0.5, 0.6) is 0 Å². The summed E-state index contributed by atoms with van der Waals surface area (Å²) in [6.07, 6.45) is 1.93. The fourth-order valence-corrected chi connectivity index (χ4v) is 5.56. The smallest absolute Gasteiger partial charge is 0.360 e. The lowest BCUT2D eigenvalue weighted by Gasteiger charge is -2.35. The average molecular weight is 437 g/mol. The molecule has 0 aromatic heterocycles. The van der Waals surface area contributed by atoms with Gasteiger partial charge in [0.1, 0.15) is 0 Å². The van der Waals surface area contributed by atoms with Gasteiger partial charge in [-0.05, 0) is 67.4 Å². The van der Waals surface area contributed by atoms with Crippen molar-refractivity contribution in [1.29, 1.82) is 0 Å². The molecule has 1 aliphatic carbocycles. The summed E-state index contributed by atoms with van der Waals surface area (Å²) in [5.74, 6) is -3.22. The van der Waals surface area contributed by atoms with Gasteiger partial charge in [-0.1, -0.05) is 37.6 Å². The average Bonchev–Trinajstić information content (AvgIpc) is 2.72. The minimum atomic E-state index is -5.56. The molecule has 29 heavy (non-hydrogen) atoms. The third-order valence-corrected chi connectivity index (χ3v) is 7.73. The molecule has 1 aromatic carbocycles. The van der Waals surface area contributed by atoms with Crippen molar-refractivity contribution in [1.82, 2.24) is 0 Å². The van der Waals surface area contributed by atoms with Gasteiger partial charge < -0.3 is 4.74 Å². The zero-order valence-electron chi connectivity index (χ0n) is 16.7. The number of alkyl halides is 5. The predicted octanol–water partition coefficient (Wildman–Crippen LogP) is 7.21. The van der Waals surface area contributed by atoms with Crippen molar-refractivity contribution in [2.75, 3.05) is 12.4 Å². The fraction of sp³-hybridized carbons (Fsp3) is 0.727. The van der Waals surface area contributed by atoms with Gasteiger partial charge in [-0.15, -0.1) is 11.8 Å². The molecular formula is C22H29F5OS. The molecule has 1 aromatic rings. The molecule has 2 atom stereocenters. The Bertz CT molecular complexity index is 630. The molecule has 0 radical (unpaired) electrons. The van der Waals surface area contributed by atoms with Crippen molar-refractivity contribution in [3.05, 3.63) is 35.4 Å². The fourth-order valence-electron chi connectivity index (χ4n) is 4.33. The highest BCUT2D eigenvalue weighted by Gasteiger charge is 2.64. The zero-order chi connectivity index (χ0) is 21.1. The van der Waals surface area contributed by atoms with Gasteiger partial charge in [0.15, 0.2) is 5.44 Å². The van der Waals surface area contributed by atoms with E-state index in [1.807, 2.05) is 0 Å². The van der Waals surface area contributed by atoms with Gasteiger partial charge in [-0.2, -0.15) is 22.0 Å². The number of rotatable bonds is 6.